The van der Waals surface area contributed by atoms with Crippen molar-refractivity contribution in [3.63, 3.8) is 0 Å². The van der Waals surface area contributed by atoms with Crippen LogP contribution in [0.25, 0.3) is 0 Å². The van der Waals surface area contributed by atoms with Crippen LogP contribution in [0.2, 0.25) is 0 Å². The molecule has 3 rings (SSSR count). The molecule has 0 spiro atoms. The monoisotopic (exact) mass is 328 g/mol. The van der Waals surface area contributed by atoms with Crippen molar-refractivity contribution >= 4 is 6.29 Å². The number of carbonyl (C=O) groups excluding carboxylic acids is 1. The predicted octanol–water partition coefficient (Wildman–Crippen LogP) is 4.82. The standard InChI is InChI=1S/C14H14O.C4H6O.C3H8O/c1-12-6-5-9-14(10-12)15-11-13-7-3-2-4-8-13;5-3-4-1-2-4;1-3-4-2/h2-10H,11H2,1H3;3-4H,1-2H2;3H2,1-2H3. The third kappa shape index (κ3) is 9.80. The van der Waals surface area contributed by atoms with E-state index in [9.17, 15) is 4.79 Å². The van der Waals surface area contributed by atoms with E-state index >= 15 is 0 Å². The Morgan fingerprint density at radius 1 is 1.08 bits per heavy atom. The van der Waals surface area contributed by atoms with Gasteiger partial charge in [-0.1, -0.05) is 42.5 Å². The maximum absolute atomic E-state index is 9.57. The van der Waals surface area contributed by atoms with Crippen LogP contribution in [-0.2, 0) is 16.1 Å². The van der Waals surface area contributed by atoms with Crippen molar-refractivity contribution in [2.24, 2.45) is 5.92 Å². The van der Waals surface area contributed by atoms with Gasteiger partial charge in [0.15, 0.2) is 0 Å². The van der Waals surface area contributed by atoms with Crippen molar-refractivity contribution in [2.75, 3.05) is 13.7 Å². The lowest BCUT2D eigenvalue weighted by Gasteiger charge is -2.06. The molecule has 0 aliphatic heterocycles. The summed E-state index contributed by atoms with van der Waals surface area (Å²) in [7, 11) is 1.68. The molecule has 3 heteroatoms. The van der Waals surface area contributed by atoms with E-state index in [1.807, 2.05) is 43.3 Å². The summed E-state index contributed by atoms with van der Waals surface area (Å²) in [5.74, 6) is 1.38. The van der Waals surface area contributed by atoms with Crippen molar-refractivity contribution in [1.29, 1.82) is 0 Å². The highest BCUT2D eigenvalue weighted by Crippen LogP contribution is 2.25. The summed E-state index contributed by atoms with van der Waals surface area (Å²) >= 11 is 0. The number of methoxy groups -OCH3 is 1. The number of carbonyl (C=O) groups is 1. The molecule has 0 N–H and O–H groups in total. The quantitative estimate of drug-likeness (QED) is 0.738. The Morgan fingerprint density at radius 2 is 1.75 bits per heavy atom. The van der Waals surface area contributed by atoms with E-state index in [0.29, 0.717) is 12.5 Å². The first-order chi connectivity index (χ1) is 11.7. The molecule has 1 aliphatic carbocycles. The second-order valence-electron chi connectivity index (χ2n) is 5.64. The van der Waals surface area contributed by atoms with Gasteiger partial charge in [-0.15, -0.1) is 0 Å². The van der Waals surface area contributed by atoms with Crippen LogP contribution in [0.4, 0.5) is 0 Å². The topological polar surface area (TPSA) is 35.5 Å². The van der Waals surface area contributed by atoms with Gasteiger partial charge in [-0.25, -0.2) is 0 Å². The highest BCUT2D eigenvalue weighted by molar-refractivity contribution is 5.56. The fourth-order valence-electron chi connectivity index (χ4n) is 1.68. The summed E-state index contributed by atoms with van der Waals surface area (Å²) in [4.78, 5) is 9.57. The minimum Gasteiger partial charge on any atom is -0.489 e. The van der Waals surface area contributed by atoms with E-state index in [4.69, 9.17) is 4.74 Å². The fourth-order valence-corrected chi connectivity index (χ4v) is 1.68. The van der Waals surface area contributed by atoms with Gasteiger partial charge >= 0.3 is 0 Å². The van der Waals surface area contributed by atoms with E-state index in [1.165, 1.54) is 11.1 Å². The van der Waals surface area contributed by atoms with E-state index < -0.39 is 0 Å². The largest absolute Gasteiger partial charge is 0.489 e. The molecule has 1 saturated carbocycles. The van der Waals surface area contributed by atoms with Crippen LogP contribution < -0.4 is 4.74 Å². The number of benzene rings is 2. The van der Waals surface area contributed by atoms with Gasteiger partial charge in [0.05, 0.1) is 0 Å². The molecule has 0 amide bonds. The third-order valence-electron chi connectivity index (χ3n) is 3.34. The molecule has 1 aliphatic rings. The molecule has 0 atom stereocenters. The first kappa shape index (κ1) is 19.9. The predicted molar refractivity (Wildman–Crippen MR) is 98.3 cm³/mol. The average Bonchev–Trinajstić information content (AvgIpc) is 3.46. The van der Waals surface area contributed by atoms with Gasteiger partial charge in [-0.05, 0) is 49.9 Å². The molecular formula is C21H28O3. The highest BCUT2D eigenvalue weighted by Gasteiger charge is 2.18. The summed E-state index contributed by atoms with van der Waals surface area (Å²) < 4.78 is 10.2. The lowest BCUT2D eigenvalue weighted by molar-refractivity contribution is -0.108. The maximum Gasteiger partial charge on any atom is 0.123 e. The van der Waals surface area contributed by atoms with Crippen molar-refractivity contribution in [2.45, 2.75) is 33.3 Å². The zero-order chi connectivity index (χ0) is 17.6. The van der Waals surface area contributed by atoms with Gasteiger partial charge in [0.1, 0.15) is 18.6 Å². The Kier molecular flexibility index (Phi) is 10.2. The second-order valence-corrected chi connectivity index (χ2v) is 5.64. The Bertz CT molecular complexity index is 560. The Morgan fingerprint density at radius 3 is 2.21 bits per heavy atom. The molecule has 0 aromatic heterocycles. The fraction of sp³-hybridized carbons (Fsp3) is 0.381. The lowest BCUT2D eigenvalue weighted by atomic mass is 10.2. The smallest absolute Gasteiger partial charge is 0.123 e. The second kappa shape index (κ2) is 12.3. The van der Waals surface area contributed by atoms with Crippen molar-refractivity contribution < 1.29 is 14.3 Å². The zero-order valence-electron chi connectivity index (χ0n) is 14.9. The molecule has 0 saturated heterocycles. The summed E-state index contributed by atoms with van der Waals surface area (Å²) in [5, 5.41) is 0. The lowest BCUT2D eigenvalue weighted by Crippen LogP contribution is -1.94. The Labute approximate surface area is 145 Å². The molecule has 2 aromatic carbocycles. The van der Waals surface area contributed by atoms with Crippen LogP contribution in [-0.4, -0.2) is 20.0 Å². The number of hydrogen-bond acceptors (Lipinski definition) is 3. The van der Waals surface area contributed by atoms with Crippen LogP contribution >= 0.6 is 0 Å². The number of hydrogen-bond donors (Lipinski definition) is 0. The van der Waals surface area contributed by atoms with Crippen LogP contribution in [0.5, 0.6) is 5.75 Å². The molecule has 1 fully saturated rings. The molecule has 0 unspecified atom stereocenters. The zero-order valence-corrected chi connectivity index (χ0v) is 14.9. The van der Waals surface area contributed by atoms with Crippen LogP contribution in [0, 0.1) is 12.8 Å². The van der Waals surface area contributed by atoms with E-state index in [2.05, 4.69) is 29.9 Å². The van der Waals surface area contributed by atoms with Gasteiger partial charge in [-0.3, -0.25) is 0 Å². The maximum atomic E-state index is 9.57. The van der Waals surface area contributed by atoms with Gasteiger partial charge in [0.25, 0.3) is 0 Å². The Balaban J connectivity index is 0.000000263. The summed E-state index contributed by atoms with van der Waals surface area (Å²) in [6.45, 7) is 5.47. The normalized spacial score (nSPS) is 12.1. The van der Waals surface area contributed by atoms with Gasteiger partial charge in [0.2, 0.25) is 0 Å². The van der Waals surface area contributed by atoms with Gasteiger partial charge < -0.3 is 14.3 Å². The Hall–Kier alpha value is -2.13. The number of ether oxygens (including phenoxy) is 2. The van der Waals surface area contributed by atoms with Crippen LogP contribution in [0.1, 0.15) is 30.9 Å². The molecule has 0 heterocycles. The van der Waals surface area contributed by atoms with E-state index in [-0.39, 0.29) is 0 Å². The molecule has 2 aromatic rings. The molecule has 0 radical (unpaired) electrons. The minimum atomic E-state index is 0.454. The minimum absolute atomic E-state index is 0.454. The number of aryl methyl sites for hydroxylation is 1. The number of aldehydes is 1. The summed E-state index contributed by atoms with van der Waals surface area (Å²) in [5.41, 5.74) is 2.42. The van der Waals surface area contributed by atoms with Crippen LogP contribution in [0.3, 0.4) is 0 Å². The third-order valence-corrected chi connectivity index (χ3v) is 3.34. The summed E-state index contributed by atoms with van der Waals surface area (Å²) in [6, 6.07) is 18.3. The van der Waals surface area contributed by atoms with Gasteiger partial charge in [0, 0.05) is 19.6 Å². The average molecular weight is 328 g/mol. The van der Waals surface area contributed by atoms with Crippen molar-refractivity contribution in [3.05, 3.63) is 65.7 Å². The summed E-state index contributed by atoms with van der Waals surface area (Å²) in [6.07, 6.45) is 3.31. The molecule has 0 bridgehead atoms. The van der Waals surface area contributed by atoms with E-state index in [0.717, 1.165) is 31.5 Å². The SMILES string of the molecule is CCOC.Cc1cccc(OCc2ccccc2)c1.O=CC1CC1. The molecule has 24 heavy (non-hydrogen) atoms. The number of rotatable bonds is 5. The first-order valence-corrected chi connectivity index (χ1v) is 8.37. The van der Waals surface area contributed by atoms with E-state index in [1.54, 1.807) is 7.11 Å². The molecule has 130 valence electrons. The van der Waals surface area contributed by atoms with Gasteiger partial charge in [-0.2, -0.15) is 0 Å². The molecular weight excluding hydrogens is 300 g/mol. The van der Waals surface area contributed by atoms with Crippen LogP contribution in [0.15, 0.2) is 54.6 Å². The van der Waals surface area contributed by atoms with Crippen molar-refractivity contribution in [3.8, 4) is 5.75 Å². The highest BCUT2D eigenvalue weighted by atomic mass is 16.5. The molecule has 3 nitrogen and oxygen atoms in total. The van der Waals surface area contributed by atoms with Crippen molar-refractivity contribution in [1.82, 2.24) is 0 Å². The first-order valence-electron chi connectivity index (χ1n) is 8.37.